The number of nitrogens with one attached hydrogen (secondary N) is 2. The van der Waals surface area contributed by atoms with E-state index in [9.17, 15) is 9.59 Å². The van der Waals surface area contributed by atoms with Gasteiger partial charge in [0, 0.05) is 74.7 Å². The third-order valence-electron chi connectivity index (χ3n) is 6.89. The van der Waals surface area contributed by atoms with Crippen molar-refractivity contribution in [3.05, 3.63) is 24.3 Å². The molecular weight excluding hydrogens is 532 g/mol. The number of ether oxygens (including phenoxy) is 6. The lowest BCUT2D eigenvalue weighted by Crippen LogP contribution is -2.34. The fraction of sp³-hybridized carbons (Fsp3) is 0.517. The van der Waals surface area contributed by atoms with Crippen molar-refractivity contribution in [3.8, 4) is 34.5 Å². The van der Waals surface area contributed by atoms with E-state index in [0.29, 0.717) is 71.8 Å². The van der Waals surface area contributed by atoms with Crippen LogP contribution in [0.3, 0.4) is 0 Å². The Bertz CT molecular complexity index is 1040. The highest BCUT2D eigenvalue weighted by Gasteiger charge is 2.19. The number of hydrogen-bond acceptors (Lipinski definition) is 10. The van der Waals surface area contributed by atoms with Crippen molar-refractivity contribution in [2.75, 3.05) is 92.6 Å². The SMILES string of the molecule is COc1cc(NC(=O)CCN2CCCN(CCC(=O)Nc3cc(OC)c(OC)c(OC)c3)CC2)cc(OC)c1OC. The average molecular weight is 575 g/mol. The average Bonchev–Trinajstić information content (AvgIpc) is 3.22. The molecule has 2 aromatic carbocycles. The Morgan fingerprint density at radius 3 is 1.22 bits per heavy atom. The molecule has 3 rings (SSSR count). The molecule has 0 spiro atoms. The highest BCUT2D eigenvalue weighted by atomic mass is 16.5. The van der Waals surface area contributed by atoms with Crippen molar-refractivity contribution in [1.29, 1.82) is 0 Å². The van der Waals surface area contributed by atoms with Crippen LogP contribution in [0.15, 0.2) is 24.3 Å². The lowest BCUT2D eigenvalue weighted by Gasteiger charge is -2.21. The summed E-state index contributed by atoms with van der Waals surface area (Å²) in [6.45, 7) is 4.73. The highest BCUT2D eigenvalue weighted by molar-refractivity contribution is 5.92. The predicted molar refractivity (Wildman–Crippen MR) is 156 cm³/mol. The van der Waals surface area contributed by atoms with Crippen LogP contribution in [0.25, 0.3) is 0 Å². The van der Waals surface area contributed by atoms with E-state index in [2.05, 4.69) is 20.4 Å². The van der Waals surface area contributed by atoms with E-state index < -0.39 is 0 Å². The first kappa shape index (κ1) is 31.6. The van der Waals surface area contributed by atoms with Gasteiger partial charge in [0.15, 0.2) is 23.0 Å². The molecule has 0 radical (unpaired) electrons. The Morgan fingerprint density at radius 2 is 0.927 bits per heavy atom. The molecule has 2 aromatic rings. The molecule has 0 aliphatic carbocycles. The van der Waals surface area contributed by atoms with Gasteiger partial charge in [0.25, 0.3) is 0 Å². The summed E-state index contributed by atoms with van der Waals surface area (Å²) < 4.78 is 32.1. The first-order valence-electron chi connectivity index (χ1n) is 13.5. The number of rotatable bonds is 14. The molecule has 0 atom stereocenters. The second kappa shape index (κ2) is 15.8. The maximum atomic E-state index is 12.7. The summed E-state index contributed by atoms with van der Waals surface area (Å²) in [6.07, 6.45) is 1.67. The van der Waals surface area contributed by atoms with Gasteiger partial charge in [0.2, 0.25) is 23.3 Å². The molecule has 0 aromatic heterocycles. The molecule has 1 saturated heterocycles. The van der Waals surface area contributed by atoms with Gasteiger partial charge in [-0.05, 0) is 19.5 Å². The molecular formula is C29H42N4O8. The normalized spacial score (nSPS) is 14.0. The summed E-state index contributed by atoms with van der Waals surface area (Å²) in [5.74, 6) is 2.67. The minimum Gasteiger partial charge on any atom is -0.493 e. The van der Waals surface area contributed by atoms with Crippen LogP contribution >= 0.6 is 0 Å². The summed E-state index contributed by atoms with van der Waals surface area (Å²) in [6, 6.07) is 6.84. The summed E-state index contributed by atoms with van der Waals surface area (Å²) in [5.41, 5.74) is 1.16. The highest BCUT2D eigenvalue weighted by Crippen LogP contribution is 2.41. The molecule has 1 aliphatic rings. The van der Waals surface area contributed by atoms with Crippen molar-refractivity contribution in [2.24, 2.45) is 0 Å². The van der Waals surface area contributed by atoms with Crippen LogP contribution < -0.4 is 39.1 Å². The number of amides is 2. The summed E-state index contributed by atoms with van der Waals surface area (Å²) in [5, 5.41) is 5.84. The Labute approximate surface area is 241 Å². The number of benzene rings is 2. The number of methoxy groups -OCH3 is 6. The molecule has 2 N–H and O–H groups in total. The molecule has 226 valence electrons. The first-order chi connectivity index (χ1) is 19.8. The van der Waals surface area contributed by atoms with Crippen LogP contribution in [0, 0.1) is 0 Å². The molecule has 0 bridgehead atoms. The van der Waals surface area contributed by atoms with Gasteiger partial charge in [-0.3, -0.25) is 9.59 Å². The third-order valence-corrected chi connectivity index (χ3v) is 6.89. The van der Waals surface area contributed by atoms with Crippen LogP contribution in [0.2, 0.25) is 0 Å². The molecule has 1 heterocycles. The van der Waals surface area contributed by atoms with Gasteiger partial charge >= 0.3 is 0 Å². The smallest absolute Gasteiger partial charge is 0.225 e. The Morgan fingerprint density at radius 1 is 0.585 bits per heavy atom. The van der Waals surface area contributed by atoms with E-state index >= 15 is 0 Å². The van der Waals surface area contributed by atoms with Crippen molar-refractivity contribution in [1.82, 2.24) is 9.80 Å². The van der Waals surface area contributed by atoms with Gasteiger partial charge < -0.3 is 48.9 Å². The number of hydrogen-bond donors (Lipinski definition) is 2. The van der Waals surface area contributed by atoms with Crippen molar-refractivity contribution in [2.45, 2.75) is 19.3 Å². The standard InChI is InChI=1S/C29H42N4O8/c1-36-22-16-20(17-23(37-2)28(22)40-5)30-26(34)8-12-32-10-7-11-33(15-14-32)13-9-27(35)31-21-18-24(38-3)29(41-6)25(19-21)39-4/h16-19H,7-15H2,1-6H3,(H,30,34)(H,31,35). The Kier molecular flexibility index (Phi) is 12.2. The van der Waals surface area contributed by atoms with Crippen molar-refractivity contribution < 1.29 is 38.0 Å². The van der Waals surface area contributed by atoms with Crippen LogP contribution in [-0.4, -0.2) is 104 Å². The molecule has 12 heteroatoms. The van der Waals surface area contributed by atoms with Gasteiger partial charge in [-0.1, -0.05) is 0 Å². The summed E-state index contributed by atoms with van der Waals surface area (Å²) >= 11 is 0. The van der Waals surface area contributed by atoms with E-state index in [4.69, 9.17) is 28.4 Å². The maximum absolute atomic E-state index is 12.7. The fourth-order valence-corrected chi connectivity index (χ4v) is 4.74. The maximum Gasteiger partial charge on any atom is 0.225 e. The van der Waals surface area contributed by atoms with Crippen LogP contribution in [0.5, 0.6) is 34.5 Å². The van der Waals surface area contributed by atoms with Gasteiger partial charge in [-0.15, -0.1) is 0 Å². The molecule has 0 saturated carbocycles. The topological polar surface area (TPSA) is 120 Å². The third kappa shape index (κ3) is 8.79. The second-order valence-corrected chi connectivity index (χ2v) is 9.46. The summed E-state index contributed by atoms with van der Waals surface area (Å²) in [7, 11) is 9.21. The zero-order chi connectivity index (χ0) is 29.8. The fourth-order valence-electron chi connectivity index (χ4n) is 4.74. The van der Waals surface area contributed by atoms with E-state index in [-0.39, 0.29) is 11.8 Å². The number of nitrogens with zero attached hydrogens (tertiary/aromatic N) is 2. The molecule has 1 fully saturated rings. The number of carbonyl (C=O) groups excluding carboxylic acids is 2. The van der Waals surface area contributed by atoms with Crippen LogP contribution in [0.1, 0.15) is 19.3 Å². The van der Waals surface area contributed by atoms with Gasteiger partial charge in [-0.25, -0.2) is 0 Å². The largest absolute Gasteiger partial charge is 0.493 e. The monoisotopic (exact) mass is 574 g/mol. The lowest BCUT2D eigenvalue weighted by molar-refractivity contribution is -0.117. The van der Waals surface area contributed by atoms with E-state index in [1.807, 2.05) is 0 Å². The van der Waals surface area contributed by atoms with Gasteiger partial charge in [0.1, 0.15) is 0 Å². The molecule has 0 unspecified atom stereocenters. The van der Waals surface area contributed by atoms with Gasteiger partial charge in [0.05, 0.1) is 42.7 Å². The van der Waals surface area contributed by atoms with Crippen molar-refractivity contribution >= 4 is 23.2 Å². The number of anilines is 2. The van der Waals surface area contributed by atoms with Crippen molar-refractivity contribution in [3.63, 3.8) is 0 Å². The molecule has 2 amide bonds. The quantitative estimate of drug-likeness (QED) is 0.348. The zero-order valence-electron chi connectivity index (χ0n) is 24.8. The zero-order valence-corrected chi connectivity index (χ0v) is 24.8. The molecule has 1 aliphatic heterocycles. The lowest BCUT2D eigenvalue weighted by atomic mass is 10.2. The van der Waals surface area contributed by atoms with E-state index in [0.717, 1.165) is 32.6 Å². The Balaban J connectivity index is 1.44. The van der Waals surface area contributed by atoms with E-state index in [1.165, 1.54) is 42.7 Å². The number of carbonyl (C=O) groups is 2. The molecule has 12 nitrogen and oxygen atoms in total. The van der Waals surface area contributed by atoms with Gasteiger partial charge in [-0.2, -0.15) is 0 Å². The minimum absolute atomic E-state index is 0.0937. The van der Waals surface area contributed by atoms with Crippen LogP contribution in [0.4, 0.5) is 11.4 Å². The van der Waals surface area contributed by atoms with Crippen LogP contribution in [-0.2, 0) is 9.59 Å². The Hall–Kier alpha value is -3.90. The van der Waals surface area contributed by atoms with E-state index in [1.54, 1.807) is 24.3 Å². The molecule has 41 heavy (non-hydrogen) atoms. The first-order valence-corrected chi connectivity index (χ1v) is 13.5. The summed E-state index contributed by atoms with van der Waals surface area (Å²) in [4.78, 5) is 29.9. The predicted octanol–water partition coefficient (Wildman–Crippen LogP) is 3.10. The minimum atomic E-state index is -0.0937. The second-order valence-electron chi connectivity index (χ2n) is 9.46.